The van der Waals surface area contributed by atoms with Crippen molar-refractivity contribution in [2.24, 2.45) is 0 Å². The van der Waals surface area contributed by atoms with E-state index < -0.39 is 0 Å². The Bertz CT molecular complexity index is 1020. The normalized spacial score (nSPS) is 10.5. The van der Waals surface area contributed by atoms with Crippen LogP contribution in [0.25, 0.3) is 22.4 Å². The number of rotatable bonds is 2. The van der Waals surface area contributed by atoms with E-state index in [0.717, 1.165) is 11.1 Å². The van der Waals surface area contributed by atoms with E-state index in [9.17, 15) is 10.4 Å². The molecule has 0 saturated heterocycles. The van der Waals surface area contributed by atoms with Crippen molar-refractivity contribution >= 4 is 23.2 Å². The molecule has 0 bridgehead atoms. The predicted molar refractivity (Wildman–Crippen MR) is 101 cm³/mol. The Hall–Kier alpha value is -2.54. The molecule has 25 heavy (non-hydrogen) atoms. The third kappa shape index (κ3) is 3.19. The number of hydrogen-bond donors (Lipinski definition) is 1. The molecule has 1 heterocycles. The summed E-state index contributed by atoms with van der Waals surface area (Å²) >= 11 is 12.9. The molecule has 0 saturated carbocycles. The van der Waals surface area contributed by atoms with Crippen LogP contribution in [0.3, 0.4) is 0 Å². The molecule has 1 N–H and O–H groups in total. The number of hydrogen-bond acceptors (Lipinski definition) is 3. The zero-order valence-electron chi connectivity index (χ0n) is 13.6. The summed E-state index contributed by atoms with van der Waals surface area (Å²) in [7, 11) is 0. The second kappa shape index (κ2) is 6.76. The van der Waals surface area contributed by atoms with E-state index in [0.29, 0.717) is 38.1 Å². The lowest BCUT2D eigenvalue weighted by molar-refractivity contribution is 0.475. The minimum absolute atomic E-state index is 0.148. The summed E-state index contributed by atoms with van der Waals surface area (Å²) in [4.78, 5) is 4.50. The van der Waals surface area contributed by atoms with Gasteiger partial charge in [-0.05, 0) is 43.7 Å². The van der Waals surface area contributed by atoms with Crippen LogP contribution in [0.2, 0.25) is 10.0 Å². The first-order chi connectivity index (χ1) is 11.9. The molecule has 5 heteroatoms. The van der Waals surface area contributed by atoms with E-state index in [-0.39, 0.29) is 5.75 Å². The van der Waals surface area contributed by atoms with Crippen LogP contribution in [0.5, 0.6) is 5.75 Å². The first-order valence-corrected chi connectivity index (χ1v) is 8.34. The van der Waals surface area contributed by atoms with E-state index in [1.165, 1.54) is 0 Å². The summed E-state index contributed by atoms with van der Waals surface area (Å²) in [5.74, 6) is 0.148. The minimum Gasteiger partial charge on any atom is -0.508 e. The van der Waals surface area contributed by atoms with Crippen molar-refractivity contribution in [2.75, 3.05) is 0 Å². The van der Waals surface area contributed by atoms with Crippen molar-refractivity contribution in [1.82, 2.24) is 4.98 Å². The summed E-state index contributed by atoms with van der Waals surface area (Å²) < 4.78 is 0. The fourth-order valence-corrected chi connectivity index (χ4v) is 3.30. The number of halogens is 2. The summed E-state index contributed by atoms with van der Waals surface area (Å²) in [6.07, 6.45) is 0. The van der Waals surface area contributed by atoms with Gasteiger partial charge in [-0.2, -0.15) is 5.26 Å². The van der Waals surface area contributed by atoms with Gasteiger partial charge in [0.05, 0.1) is 22.0 Å². The molecule has 3 aromatic rings. The van der Waals surface area contributed by atoms with Crippen LogP contribution in [0.1, 0.15) is 16.8 Å². The van der Waals surface area contributed by atoms with Crippen molar-refractivity contribution in [3.05, 3.63) is 69.3 Å². The zero-order chi connectivity index (χ0) is 18.1. The maximum Gasteiger partial charge on any atom is 0.116 e. The van der Waals surface area contributed by atoms with Gasteiger partial charge in [-0.25, -0.2) is 0 Å². The third-order valence-corrected chi connectivity index (χ3v) is 4.81. The van der Waals surface area contributed by atoms with Crippen LogP contribution >= 0.6 is 23.2 Å². The van der Waals surface area contributed by atoms with Gasteiger partial charge < -0.3 is 5.11 Å². The van der Waals surface area contributed by atoms with Gasteiger partial charge in [0, 0.05) is 21.7 Å². The highest BCUT2D eigenvalue weighted by Gasteiger charge is 2.18. The lowest BCUT2D eigenvalue weighted by Crippen LogP contribution is -1.97. The minimum atomic E-state index is 0.148. The maximum absolute atomic E-state index is 9.73. The fourth-order valence-electron chi connectivity index (χ4n) is 2.73. The number of aryl methyl sites for hydroxylation is 2. The number of aromatic hydroxyl groups is 1. The smallest absolute Gasteiger partial charge is 0.116 e. The SMILES string of the molecule is Cc1ccc(Cl)c(-c2cc(-c3cccc(O)c3)nc(C)c2C#N)c1Cl. The van der Waals surface area contributed by atoms with Crippen LogP contribution in [-0.2, 0) is 0 Å². The summed E-state index contributed by atoms with van der Waals surface area (Å²) in [6.45, 7) is 3.66. The molecule has 0 unspecified atom stereocenters. The second-order valence-electron chi connectivity index (χ2n) is 5.73. The number of pyridine rings is 1. The largest absolute Gasteiger partial charge is 0.508 e. The number of benzene rings is 2. The highest BCUT2D eigenvalue weighted by molar-refractivity contribution is 6.39. The van der Waals surface area contributed by atoms with Crippen molar-refractivity contribution in [3.8, 4) is 34.2 Å². The van der Waals surface area contributed by atoms with Crippen molar-refractivity contribution in [2.45, 2.75) is 13.8 Å². The third-order valence-electron chi connectivity index (χ3n) is 4.01. The Kier molecular flexibility index (Phi) is 4.67. The Labute approximate surface area is 156 Å². The predicted octanol–water partition coefficient (Wildman–Crippen LogP) is 5.92. The second-order valence-corrected chi connectivity index (χ2v) is 6.52. The maximum atomic E-state index is 9.73. The summed E-state index contributed by atoms with van der Waals surface area (Å²) in [5.41, 5.74) is 4.51. The molecule has 2 aromatic carbocycles. The van der Waals surface area contributed by atoms with Gasteiger partial charge in [0.2, 0.25) is 0 Å². The molecule has 3 nitrogen and oxygen atoms in total. The van der Waals surface area contributed by atoms with Crippen molar-refractivity contribution < 1.29 is 5.11 Å². The number of phenols is 1. The van der Waals surface area contributed by atoms with Gasteiger partial charge in [0.1, 0.15) is 11.8 Å². The van der Waals surface area contributed by atoms with E-state index in [4.69, 9.17) is 23.2 Å². The molecule has 0 aliphatic carbocycles. The first-order valence-electron chi connectivity index (χ1n) is 7.58. The number of nitrogens with zero attached hydrogens (tertiary/aromatic N) is 2. The average Bonchev–Trinajstić information content (AvgIpc) is 2.58. The Morgan fingerprint density at radius 2 is 1.84 bits per heavy atom. The summed E-state index contributed by atoms with van der Waals surface area (Å²) in [5, 5.41) is 20.3. The molecule has 0 radical (unpaired) electrons. The Morgan fingerprint density at radius 1 is 1.08 bits per heavy atom. The summed E-state index contributed by atoms with van der Waals surface area (Å²) in [6, 6.07) is 14.4. The molecule has 0 aliphatic rings. The van der Waals surface area contributed by atoms with E-state index in [2.05, 4.69) is 11.1 Å². The van der Waals surface area contributed by atoms with E-state index in [1.54, 1.807) is 37.3 Å². The molecule has 3 rings (SSSR count). The highest BCUT2D eigenvalue weighted by atomic mass is 35.5. The highest BCUT2D eigenvalue weighted by Crippen LogP contribution is 2.40. The van der Waals surface area contributed by atoms with Crippen LogP contribution in [0.15, 0.2) is 42.5 Å². The first kappa shape index (κ1) is 17.3. The number of aromatic nitrogens is 1. The Morgan fingerprint density at radius 3 is 2.52 bits per heavy atom. The molecule has 1 aromatic heterocycles. The van der Waals surface area contributed by atoms with Crippen LogP contribution in [0, 0.1) is 25.2 Å². The molecular formula is C20H14Cl2N2O. The van der Waals surface area contributed by atoms with Gasteiger partial charge in [-0.15, -0.1) is 0 Å². The van der Waals surface area contributed by atoms with Crippen molar-refractivity contribution in [3.63, 3.8) is 0 Å². The Balaban J connectivity index is 2.34. The van der Waals surface area contributed by atoms with Gasteiger partial charge in [-0.3, -0.25) is 4.98 Å². The molecule has 0 spiro atoms. The molecule has 124 valence electrons. The molecule has 0 aliphatic heterocycles. The fraction of sp³-hybridized carbons (Fsp3) is 0.100. The molecule has 0 amide bonds. The van der Waals surface area contributed by atoms with E-state index in [1.807, 2.05) is 19.1 Å². The van der Waals surface area contributed by atoms with Gasteiger partial charge in [0.25, 0.3) is 0 Å². The van der Waals surface area contributed by atoms with Gasteiger partial charge in [0.15, 0.2) is 0 Å². The standard InChI is InChI=1S/C20H14Cl2N2O/c1-11-6-7-17(21)19(20(11)22)15-9-18(24-12(2)16(15)10-23)13-4-3-5-14(25)8-13/h3-9,25H,1-2H3. The molecule has 0 fully saturated rings. The van der Waals surface area contributed by atoms with Gasteiger partial charge >= 0.3 is 0 Å². The lowest BCUT2D eigenvalue weighted by atomic mass is 9.96. The molecular weight excluding hydrogens is 355 g/mol. The van der Waals surface area contributed by atoms with Crippen molar-refractivity contribution in [1.29, 1.82) is 5.26 Å². The van der Waals surface area contributed by atoms with Gasteiger partial charge in [-0.1, -0.05) is 41.4 Å². The number of nitriles is 1. The average molecular weight is 369 g/mol. The number of phenolic OH excluding ortho intramolecular Hbond substituents is 1. The lowest BCUT2D eigenvalue weighted by Gasteiger charge is -2.14. The zero-order valence-corrected chi connectivity index (χ0v) is 15.2. The van der Waals surface area contributed by atoms with E-state index >= 15 is 0 Å². The monoisotopic (exact) mass is 368 g/mol. The van der Waals surface area contributed by atoms with Crippen LogP contribution in [-0.4, -0.2) is 10.1 Å². The quantitative estimate of drug-likeness (QED) is 0.610. The van der Waals surface area contributed by atoms with Crippen LogP contribution in [0.4, 0.5) is 0 Å². The molecule has 0 atom stereocenters. The van der Waals surface area contributed by atoms with Crippen LogP contribution < -0.4 is 0 Å². The topological polar surface area (TPSA) is 56.9 Å².